The minimum absolute atomic E-state index is 0.121. The lowest BCUT2D eigenvalue weighted by atomic mass is 9.79. The summed E-state index contributed by atoms with van der Waals surface area (Å²) < 4.78 is 0. The molecule has 2 heterocycles. The van der Waals surface area contributed by atoms with Gasteiger partial charge in [0.15, 0.2) is 0 Å². The van der Waals surface area contributed by atoms with Crippen molar-refractivity contribution in [3.63, 3.8) is 0 Å². The maximum atomic E-state index is 4.87. The van der Waals surface area contributed by atoms with Gasteiger partial charge in [0.1, 0.15) is 5.01 Å². The first-order valence-corrected chi connectivity index (χ1v) is 7.86. The normalized spacial score (nSPS) is 32.7. The Balaban J connectivity index is 1.96. The van der Waals surface area contributed by atoms with E-state index in [0.29, 0.717) is 5.92 Å². The number of aromatic nitrogens is 1. The van der Waals surface area contributed by atoms with Crippen molar-refractivity contribution in [3.8, 4) is 0 Å². The highest BCUT2D eigenvalue weighted by Crippen LogP contribution is 2.40. The second-order valence-corrected chi connectivity index (χ2v) is 7.11. The first-order chi connectivity index (χ1) is 8.62. The van der Waals surface area contributed by atoms with Crippen LogP contribution in [0.4, 0.5) is 0 Å². The Kier molecular flexibility index (Phi) is 3.20. The summed E-state index contributed by atoms with van der Waals surface area (Å²) in [5, 5.41) is 8.75. The van der Waals surface area contributed by atoms with Crippen LogP contribution >= 0.6 is 11.3 Å². The van der Waals surface area contributed by atoms with Crippen LogP contribution in [0, 0.1) is 19.8 Å². The third-order valence-electron chi connectivity index (χ3n) is 4.44. The Hall–Kier alpha value is -0.450. The molecule has 1 saturated carbocycles. The van der Waals surface area contributed by atoms with E-state index < -0.39 is 0 Å². The molecule has 2 fully saturated rings. The topological polar surface area (TPSA) is 37.0 Å². The molecule has 1 aromatic rings. The Labute approximate surface area is 113 Å². The molecular weight excluding hydrogens is 242 g/mol. The third kappa shape index (κ3) is 2.10. The number of nitrogens with one attached hydrogen (secondary N) is 2. The zero-order valence-electron chi connectivity index (χ0n) is 11.5. The van der Waals surface area contributed by atoms with Gasteiger partial charge in [0, 0.05) is 10.9 Å². The number of hydrogen-bond donors (Lipinski definition) is 2. The molecule has 1 saturated heterocycles. The smallest absolute Gasteiger partial charge is 0.114 e. The first-order valence-electron chi connectivity index (χ1n) is 7.05. The summed E-state index contributed by atoms with van der Waals surface area (Å²) >= 11 is 1.89. The maximum Gasteiger partial charge on any atom is 0.114 e. The first kappa shape index (κ1) is 12.6. The maximum absolute atomic E-state index is 4.87. The van der Waals surface area contributed by atoms with Crippen LogP contribution in [-0.4, -0.2) is 24.1 Å². The largest absolute Gasteiger partial charge is 0.316 e. The molecule has 2 N–H and O–H groups in total. The van der Waals surface area contributed by atoms with Gasteiger partial charge in [0.2, 0.25) is 0 Å². The van der Waals surface area contributed by atoms with Gasteiger partial charge in [-0.15, -0.1) is 11.3 Å². The van der Waals surface area contributed by atoms with Gasteiger partial charge in [-0.2, -0.15) is 0 Å². The zero-order valence-corrected chi connectivity index (χ0v) is 12.4. The quantitative estimate of drug-likeness (QED) is 0.881. The predicted octanol–water partition coefficient (Wildman–Crippen LogP) is 2.34. The molecule has 0 bridgehead atoms. The number of piperidine rings is 1. The minimum Gasteiger partial charge on any atom is -0.316 e. The second-order valence-electron chi connectivity index (χ2n) is 5.91. The molecule has 0 radical (unpaired) electrons. The number of rotatable bonds is 3. The SMILES string of the molecule is Cc1nc(C2(NC3CC3)CCNCC2C)sc1C. The van der Waals surface area contributed by atoms with E-state index in [1.165, 1.54) is 28.4 Å². The van der Waals surface area contributed by atoms with Gasteiger partial charge in [-0.1, -0.05) is 6.92 Å². The summed E-state index contributed by atoms with van der Waals surface area (Å²) in [6, 6.07) is 0.732. The molecule has 18 heavy (non-hydrogen) atoms. The Bertz CT molecular complexity index is 419. The molecule has 1 aliphatic heterocycles. The summed E-state index contributed by atoms with van der Waals surface area (Å²) in [5.41, 5.74) is 1.33. The van der Waals surface area contributed by atoms with Gasteiger partial charge in [-0.25, -0.2) is 4.98 Å². The van der Waals surface area contributed by atoms with Crippen molar-refractivity contribution in [2.45, 2.75) is 51.6 Å². The Morgan fingerprint density at radius 2 is 2.17 bits per heavy atom. The van der Waals surface area contributed by atoms with Gasteiger partial charge in [0.25, 0.3) is 0 Å². The van der Waals surface area contributed by atoms with Crippen molar-refractivity contribution in [1.82, 2.24) is 15.6 Å². The highest BCUT2D eigenvalue weighted by atomic mass is 32.1. The van der Waals surface area contributed by atoms with Crippen LogP contribution in [-0.2, 0) is 5.54 Å². The lowest BCUT2D eigenvalue weighted by Crippen LogP contribution is -2.56. The molecule has 100 valence electrons. The molecular formula is C14H23N3S. The molecule has 4 heteroatoms. The fourth-order valence-electron chi connectivity index (χ4n) is 2.87. The molecule has 2 unspecified atom stereocenters. The van der Waals surface area contributed by atoms with Gasteiger partial charge in [-0.05, 0) is 52.1 Å². The van der Waals surface area contributed by atoms with Crippen LogP contribution in [0.5, 0.6) is 0 Å². The molecule has 3 rings (SSSR count). The average Bonchev–Trinajstić information content (AvgIpc) is 3.09. The van der Waals surface area contributed by atoms with Crippen LogP contribution in [0.2, 0.25) is 0 Å². The lowest BCUT2D eigenvalue weighted by molar-refractivity contribution is 0.164. The van der Waals surface area contributed by atoms with Gasteiger partial charge in [0.05, 0.1) is 11.2 Å². The van der Waals surface area contributed by atoms with Crippen LogP contribution in [0.25, 0.3) is 0 Å². The van der Waals surface area contributed by atoms with Gasteiger partial charge >= 0.3 is 0 Å². The number of thiazole rings is 1. The fraction of sp³-hybridized carbons (Fsp3) is 0.786. The van der Waals surface area contributed by atoms with Crippen molar-refractivity contribution in [2.75, 3.05) is 13.1 Å². The van der Waals surface area contributed by atoms with E-state index >= 15 is 0 Å². The van der Waals surface area contributed by atoms with E-state index in [0.717, 1.165) is 25.6 Å². The summed E-state index contributed by atoms with van der Waals surface area (Å²) in [6.45, 7) is 8.87. The predicted molar refractivity (Wildman–Crippen MR) is 76.1 cm³/mol. The van der Waals surface area contributed by atoms with Crippen molar-refractivity contribution in [2.24, 2.45) is 5.92 Å². The van der Waals surface area contributed by atoms with Gasteiger partial charge < -0.3 is 10.6 Å². The van der Waals surface area contributed by atoms with E-state index in [9.17, 15) is 0 Å². The molecule has 3 nitrogen and oxygen atoms in total. The van der Waals surface area contributed by atoms with E-state index in [1.54, 1.807) is 0 Å². The van der Waals surface area contributed by atoms with E-state index in [4.69, 9.17) is 4.98 Å². The van der Waals surface area contributed by atoms with Crippen molar-refractivity contribution >= 4 is 11.3 Å². The molecule has 2 aliphatic rings. The highest BCUT2D eigenvalue weighted by Gasteiger charge is 2.45. The van der Waals surface area contributed by atoms with Crippen LogP contribution in [0.15, 0.2) is 0 Å². The van der Waals surface area contributed by atoms with E-state index in [2.05, 4.69) is 31.4 Å². The van der Waals surface area contributed by atoms with Crippen LogP contribution < -0.4 is 10.6 Å². The number of hydrogen-bond acceptors (Lipinski definition) is 4. The lowest BCUT2D eigenvalue weighted by Gasteiger charge is -2.42. The Morgan fingerprint density at radius 1 is 1.39 bits per heavy atom. The van der Waals surface area contributed by atoms with Crippen LogP contribution in [0.3, 0.4) is 0 Å². The monoisotopic (exact) mass is 265 g/mol. The molecule has 0 aromatic carbocycles. The van der Waals surface area contributed by atoms with E-state index in [1.807, 2.05) is 11.3 Å². The van der Waals surface area contributed by atoms with Crippen molar-refractivity contribution in [3.05, 3.63) is 15.6 Å². The average molecular weight is 265 g/mol. The minimum atomic E-state index is 0.121. The zero-order chi connectivity index (χ0) is 12.8. The molecule has 1 aliphatic carbocycles. The summed E-state index contributed by atoms with van der Waals surface area (Å²) in [4.78, 5) is 6.23. The fourth-order valence-corrected chi connectivity index (χ4v) is 4.08. The second kappa shape index (κ2) is 4.58. The number of nitrogens with zero attached hydrogens (tertiary/aromatic N) is 1. The molecule has 0 spiro atoms. The molecule has 0 amide bonds. The third-order valence-corrected chi connectivity index (χ3v) is 5.69. The van der Waals surface area contributed by atoms with Gasteiger partial charge in [-0.3, -0.25) is 0 Å². The number of aryl methyl sites for hydroxylation is 2. The van der Waals surface area contributed by atoms with E-state index in [-0.39, 0.29) is 5.54 Å². The summed E-state index contributed by atoms with van der Waals surface area (Å²) in [6.07, 6.45) is 3.84. The molecule has 1 aromatic heterocycles. The standard InChI is InChI=1S/C14H23N3S/c1-9-8-15-7-6-14(9,17-12-4-5-12)13-16-10(2)11(3)18-13/h9,12,15,17H,4-8H2,1-3H3. The summed E-state index contributed by atoms with van der Waals surface area (Å²) in [7, 11) is 0. The van der Waals surface area contributed by atoms with Crippen LogP contribution in [0.1, 0.15) is 41.8 Å². The highest BCUT2D eigenvalue weighted by molar-refractivity contribution is 7.11. The Morgan fingerprint density at radius 3 is 2.72 bits per heavy atom. The molecule has 2 atom stereocenters. The summed E-state index contributed by atoms with van der Waals surface area (Å²) in [5.74, 6) is 0.608. The van der Waals surface area contributed by atoms with Crippen molar-refractivity contribution < 1.29 is 0 Å². The van der Waals surface area contributed by atoms with Crippen molar-refractivity contribution in [1.29, 1.82) is 0 Å².